The zero-order valence-corrected chi connectivity index (χ0v) is 11.5. The van der Waals surface area contributed by atoms with Crippen LogP contribution < -0.4 is 5.73 Å². The van der Waals surface area contributed by atoms with Gasteiger partial charge in [-0.2, -0.15) is 0 Å². The molecule has 1 rings (SSSR count). The van der Waals surface area contributed by atoms with Crippen LogP contribution in [0.15, 0.2) is 43.0 Å². The summed E-state index contributed by atoms with van der Waals surface area (Å²) in [4.78, 5) is 13.5. The number of carbonyl (C=O) groups is 1. The Morgan fingerprint density at radius 3 is 2.58 bits per heavy atom. The second-order valence-corrected chi connectivity index (χ2v) is 4.68. The number of hydrogen-bond acceptors (Lipinski definition) is 3. The molecule has 4 nitrogen and oxygen atoms in total. The Morgan fingerprint density at radius 1 is 1.47 bits per heavy atom. The fourth-order valence-corrected chi connectivity index (χ4v) is 1.88. The van der Waals surface area contributed by atoms with Crippen LogP contribution in [0.4, 0.5) is 0 Å². The smallest absolute Gasteiger partial charge is 0.239 e. The van der Waals surface area contributed by atoms with E-state index in [0.29, 0.717) is 6.42 Å². The van der Waals surface area contributed by atoms with E-state index in [1.54, 1.807) is 20.0 Å². The van der Waals surface area contributed by atoms with Crippen LogP contribution in [-0.2, 0) is 4.79 Å². The van der Waals surface area contributed by atoms with E-state index in [1.165, 1.54) is 4.90 Å². The highest BCUT2D eigenvalue weighted by atomic mass is 16.3. The second kappa shape index (κ2) is 7.07. The number of nitrogens with two attached hydrogens (primary N) is 1. The molecule has 0 spiro atoms. The molecule has 0 aliphatic carbocycles. The molecule has 0 heterocycles. The molecular weight excluding hydrogens is 240 g/mol. The molecule has 3 N–H and O–H groups in total. The quantitative estimate of drug-likeness (QED) is 0.763. The van der Waals surface area contributed by atoms with Crippen LogP contribution in [0.1, 0.15) is 25.0 Å². The molecule has 3 atom stereocenters. The summed E-state index contributed by atoms with van der Waals surface area (Å²) in [6.45, 7) is 5.37. The fourth-order valence-electron chi connectivity index (χ4n) is 1.88. The lowest BCUT2D eigenvalue weighted by Gasteiger charge is -2.31. The van der Waals surface area contributed by atoms with Gasteiger partial charge in [-0.15, -0.1) is 6.58 Å². The summed E-state index contributed by atoms with van der Waals surface area (Å²) >= 11 is 0. The van der Waals surface area contributed by atoms with Crippen molar-refractivity contribution in [2.24, 2.45) is 5.73 Å². The summed E-state index contributed by atoms with van der Waals surface area (Å²) in [6.07, 6.45) is 1.32. The van der Waals surface area contributed by atoms with Crippen molar-refractivity contribution in [2.75, 3.05) is 7.05 Å². The maximum atomic E-state index is 12.1. The van der Waals surface area contributed by atoms with Crippen LogP contribution in [-0.4, -0.2) is 35.0 Å². The number of aliphatic hydroxyl groups is 1. The van der Waals surface area contributed by atoms with Crippen LogP contribution in [0.2, 0.25) is 0 Å². The Kier molecular flexibility index (Phi) is 5.73. The van der Waals surface area contributed by atoms with E-state index in [1.807, 2.05) is 30.3 Å². The molecule has 19 heavy (non-hydrogen) atoms. The molecule has 104 valence electrons. The molecule has 1 amide bonds. The van der Waals surface area contributed by atoms with Gasteiger partial charge in [0, 0.05) is 7.05 Å². The van der Waals surface area contributed by atoms with Crippen molar-refractivity contribution >= 4 is 5.91 Å². The number of likely N-dealkylation sites (N-methyl/N-ethyl adjacent to an activating group) is 1. The number of hydrogen-bond donors (Lipinski definition) is 2. The minimum Gasteiger partial charge on any atom is -0.386 e. The normalized spacial score (nSPS) is 15.4. The lowest BCUT2D eigenvalue weighted by Crippen LogP contribution is -2.47. The second-order valence-electron chi connectivity index (χ2n) is 4.68. The van der Waals surface area contributed by atoms with Crippen molar-refractivity contribution in [1.29, 1.82) is 0 Å². The van der Waals surface area contributed by atoms with Crippen LogP contribution >= 0.6 is 0 Å². The molecule has 0 saturated carbocycles. The Bertz CT molecular complexity index is 419. The minimum absolute atomic E-state index is 0.192. The topological polar surface area (TPSA) is 66.6 Å². The average molecular weight is 262 g/mol. The third kappa shape index (κ3) is 3.91. The molecule has 0 bridgehead atoms. The van der Waals surface area contributed by atoms with Crippen LogP contribution in [0.5, 0.6) is 0 Å². The maximum Gasteiger partial charge on any atom is 0.239 e. The number of amides is 1. The standard InChI is InChI=1S/C15H22N2O2/c1-4-8-13(16)15(19)17(3)11(2)14(18)12-9-6-5-7-10-12/h4-7,9-11,13-14,18H,1,8,16H2,2-3H3/t11-,13?,14+/m0/s1. The van der Waals surface area contributed by atoms with Gasteiger partial charge in [0.05, 0.1) is 18.2 Å². The number of benzene rings is 1. The molecule has 0 aromatic heterocycles. The van der Waals surface area contributed by atoms with Gasteiger partial charge < -0.3 is 15.7 Å². The third-order valence-corrected chi connectivity index (χ3v) is 3.29. The van der Waals surface area contributed by atoms with E-state index in [-0.39, 0.29) is 11.9 Å². The van der Waals surface area contributed by atoms with E-state index >= 15 is 0 Å². The van der Waals surface area contributed by atoms with Crippen molar-refractivity contribution in [3.8, 4) is 0 Å². The highest BCUT2D eigenvalue weighted by Gasteiger charge is 2.26. The van der Waals surface area contributed by atoms with Gasteiger partial charge in [0.15, 0.2) is 0 Å². The Morgan fingerprint density at radius 2 is 2.05 bits per heavy atom. The molecule has 0 saturated heterocycles. The molecule has 1 unspecified atom stereocenters. The van der Waals surface area contributed by atoms with Crippen molar-refractivity contribution < 1.29 is 9.90 Å². The fraction of sp³-hybridized carbons (Fsp3) is 0.400. The van der Waals surface area contributed by atoms with E-state index < -0.39 is 12.1 Å². The monoisotopic (exact) mass is 262 g/mol. The van der Waals surface area contributed by atoms with Gasteiger partial charge in [-0.05, 0) is 18.9 Å². The summed E-state index contributed by atoms with van der Waals surface area (Å²) in [7, 11) is 1.65. The lowest BCUT2D eigenvalue weighted by molar-refractivity contribution is -0.135. The first-order valence-electron chi connectivity index (χ1n) is 6.35. The largest absolute Gasteiger partial charge is 0.386 e. The van der Waals surface area contributed by atoms with Gasteiger partial charge in [-0.1, -0.05) is 36.4 Å². The van der Waals surface area contributed by atoms with E-state index in [4.69, 9.17) is 5.73 Å². The molecule has 0 aliphatic rings. The van der Waals surface area contributed by atoms with Crippen molar-refractivity contribution in [3.63, 3.8) is 0 Å². The van der Waals surface area contributed by atoms with E-state index in [9.17, 15) is 9.90 Å². The summed E-state index contributed by atoms with van der Waals surface area (Å²) in [5, 5.41) is 10.3. The Balaban J connectivity index is 2.73. The van der Waals surface area contributed by atoms with Gasteiger partial charge in [-0.25, -0.2) is 0 Å². The van der Waals surface area contributed by atoms with Gasteiger partial charge in [0.25, 0.3) is 0 Å². The highest BCUT2D eigenvalue weighted by Crippen LogP contribution is 2.20. The molecule has 0 fully saturated rings. The summed E-state index contributed by atoms with van der Waals surface area (Å²) in [6, 6.07) is 8.33. The predicted octanol–water partition coefficient (Wildman–Crippen LogP) is 1.47. The molecule has 0 radical (unpaired) electrons. The van der Waals surface area contributed by atoms with Gasteiger partial charge in [0.1, 0.15) is 0 Å². The molecule has 1 aromatic carbocycles. The summed E-state index contributed by atoms with van der Waals surface area (Å²) in [5.41, 5.74) is 6.55. The maximum absolute atomic E-state index is 12.1. The van der Waals surface area contributed by atoms with Gasteiger partial charge in [0.2, 0.25) is 5.91 Å². The molecule has 1 aromatic rings. The van der Waals surface area contributed by atoms with Crippen LogP contribution in [0, 0.1) is 0 Å². The summed E-state index contributed by atoms with van der Waals surface area (Å²) < 4.78 is 0. The summed E-state index contributed by atoms with van der Waals surface area (Å²) in [5.74, 6) is -0.192. The van der Waals surface area contributed by atoms with Crippen molar-refractivity contribution in [3.05, 3.63) is 48.6 Å². The average Bonchev–Trinajstić information content (AvgIpc) is 2.45. The first kappa shape index (κ1) is 15.4. The molecule has 0 aliphatic heterocycles. The molecule has 4 heteroatoms. The van der Waals surface area contributed by atoms with Crippen LogP contribution in [0.3, 0.4) is 0 Å². The minimum atomic E-state index is -0.730. The number of carbonyl (C=O) groups excluding carboxylic acids is 1. The molecular formula is C15H22N2O2. The lowest BCUT2D eigenvalue weighted by atomic mass is 10.0. The highest BCUT2D eigenvalue weighted by molar-refractivity contribution is 5.81. The predicted molar refractivity (Wildman–Crippen MR) is 76.4 cm³/mol. The Hall–Kier alpha value is -1.65. The SMILES string of the molecule is C=CCC(N)C(=O)N(C)[C@@H](C)[C@@H](O)c1ccccc1. The first-order valence-corrected chi connectivity index (χ1v) is 6.35. The van der Waals surface area contributed by atoms with Crippen molar-refractivity contribution in [2.45, 2.75) is 31.5 Å². The van der Waals surface area contributed by atoms with Gasteiger partial charge in [-0.3, -0.25) is 4.79 Å². The number of nitrogens with zero attached hydrogens (tertiary/aromatic N) is 1. The zero-order chi connectivity index (χ0) is 14.4. The zero-order valence-electron chi connectivity index (χ0n) is 11.5. The third-order valence-electron chi connectivity index (χ3n) is 3.29. The number of rotatable bonds is 6. The Labute approximate surface area is 114 Å². The van der Waals surface area contributed by atoms with Crippen LogP contribution in [0.25, 0.3) is 0 Å². The first-order chi connectivity index (χ1) is 8.99. The van der Waals surface area contributed by atoms with E-state index in [2.05, 4.69) is 6.58 Å². The van der Waals surface area contributed by atoms with E-state index in [0.717, 1.165) is 5.56 Å². The van der Waals surface area contributed by atoms with Crippen molar-refractivity contribution in [1.82, 2.24) is 4.90 Å². The van der Waals surface area contributed by atoms with Gasteiger partial charge >= 0.3 is 0 Å². The number of aliphatic hydroxyl groups excluding tert-OH is 1.